The third-order valence-corrected chi connectivity index (χ3v) is 7.78. The first-order chi connectivity index (χ1) is 13.7. The van der Waals surface area contributed by atoms with Crippen LogP contribution in [0.2, 0.25) is 0 Å². The molecule has 4 rings (SSSR count). The Kier molecular flexibility index (Phi) is 5.11. The van der Waals surface area contributed by atoms with Gasteiger partial charge in [-0.1, -0.05) is 6.92 Å². The number of likely N-dealkylation sites (tertiary alicyclic amines) is 1. The fraction of sp³-hybridized carbons (Fsp3) is 0.429. The standard InChI is InChI=1S/C21H23F3N2O2S/c1-2-26-11-9-17-18-13-16(7-8-19(18)25-20(17)10-12-26)29(27,28)15-5-3-14(4-6-15)21(22,23)24/h3-8,13,17,20,25H,2,9-12H2,1H3/t17-,20-/m1/s1. The number of fused-ring (bicyclic) bond motifs is 3. The molecule has 0 amide bonds. The molecule has 0 bridgehead atoms. The van der Waals surface area contributed by atoms with Gasteiger partial charge < -0.3 is 10.2 Å². The average molecular weight is 424 g/mol. The Bertz CT molecular complexity index is 1000. The van der Waals surface area contributed by atoms with E-state index in [2.05, 4.69) is 17.1 Å². The van der Waals surface area contributed by atoms with Crippen LogP contribution in [0.25, 0.3) is 0 Å². The van der Waals surface area contributed by atoms with Crippen LogP contribution >= 0.6 is 0 Å². The largest absolute Gasteiger partial charge is 0.416 e. The Labute approximate surface area is 168 Å². The van der Waals surface area contributed by atoms with Gasteiger partial charge in [-0.15, -0.1) is 0 Å². The molecule has 0 radical (unpaired) electrons. The van der Waals surface area contributed by atoms with Gasteiger partial charge in [0.15, 0.2) is 0 Å². The van der Waals surface area contributed by atoms with Gasteiger partial charge in [-0.3, -0.25) is 0 Å². The molecule has 8 heteroatoms. The summed E-state index contributed by atoms with van der Waals surface area (Å²) in [5.41, 5.74) is 1.08. The van der Waals surface area contributed by atoms with Crippen LogP contribution in [0.5, 0.6) is 0 Å². The van der Waals surface area contributed by atoms with E-state index < -0.39 is 21.6 Å². The Hall–Kier alpha value is -2.06. The third-order valence-electron chi connectivity index (χ3n) is 6.01. The number of rotatable bonds is 3. The number of halogens is 3. The summed E-state index contributed by atoms with van der Waals surface area (Å²) >= 11 is 0. The van der Waals surface area contributed by atoms with Crippen molar-refractivity contribution < 1.29 is 21.6 Å². The molecule has 2 aliphatic rings. The summed E-state index contributed by atoms with van der Waals surface area (Å²) < 4.78 is 64.3. The molecule has 0 saturated carbocycles. The van der Waals surface area contributed by atoms with Crippen LogP contribution in [0, 0.1) is 0 Å². The second kappa shape index (κ2) is 7.32. The predicted octanol–water partition coefficient (Wildman–Crippen LogP) is 4.53. The van der Waals surface area contributed by atoms with E-state index in [1.54, 1.807) is 12.1 Å². The van der Waals surface area contributed by atoms with Gasteiger partial charge in [-0.25, -0.2) is 8.42 Å². The van der Waals surface area contributed by atoms with E-state index in [1.807, 2.05) is 0 Å². The molecule has 2 heterocycles. The molecule has 2 atom stereocenters. The molecule has 2 aromatic rings. The van der Waals surface area contributed by atoms with Gasteiger partial charge in [-0.2, -0.15) is 13.2 Å². The van der Waals surface area contributed by atoms with Crippen molar-refractivity contribution in [2.24, 2.45) is 0 Å². The highest BCUT2D eigenvalue weighted by Crippen LogP contribution is 2.42. The minimum atomic E-state index is -4.50. The number of anilines is 1. The lowest BCUT2D eigenvalue weighted by Gasteiger charge is -2.17. The highest BCUT2D eigenvalue weighted by atomic mass is 32.2. The number of hydrogen-bond acceptors (Lipinski definition) is 4. The van der Waals surface area contributed by atoms with E-state index in [-0.39, 0.29) is 21.8 Å². The first-order valence-corrected chi connectivity index (χ1v) is 11.2. The zero-order valence-corrected chi connectivity index (χ0v) is 16.9. The van der Waals surface area contributed by atoms with Crippen LogP contribution in [0.3, 0.4) is 0 Å². The number of nitrogens with zero attached hydrogens (tertiary/aromatic N) is 1. The maximum atomic E-state index is 13.0. The normalized spacial score (nSPS) is 22.5. The van der Waals surface area contributed by atoms with Crippen LogP contribution in [-0.4, -0.2) is 39.0 Å². The summed E-state index contributed by atoms with van der Waals surface area (Å²) in [6.07, 6.45) is -2.56. The number of alkyl halides is 3. The highest BCUT2D eigenvalue weighted by molar-refractivity contribution is 7.91. The molecular formula is C21H23F3N2O2S. The summed E-state index contributed by atoms with van der Waals surface area (Å²) in [5, 5.41) is 3.52. The van der Waals surface area contributed by atoms with Crippen LogP contribution in [0.4, 0.5) is 18.9 Å². The molecule has 2 aliphatic heterocycles. The summed E-state index contributed by atoms with van der Waals surface area (Å²) in [4.78, 5) is 2.38. The van der Waals surface area contributed by atoms with E-state index in [4.69, 9.17) is 0 Å². The Balaban J connectivity index is 1.65. The second-order valence-corrected chi connectivity index (χ2v) is 9.59. The minimum Gasteiger partial charge on any atom is -0.381 e. The summed E-state index contributed by atoms with van der Waals surface area (Å²) in [6.45, 7) is 5.11. The van der Waals surface area contributed by atoms with Crippen molar-refractivity contribution in [3.8, 4) is 0 Å². The first-order valence-electron chi connectivity index (χ1n) is 9.75. The van der Waals surface area contributed by atoms with E-state index >= 15 is 0 Å². The Morgan fingerprint density at radius 3 is 2.34 bits per heavy atom. The molecular weight excluding hydrogens is 401 g/mol. The molecule has 156 valence electrons. The molecule has 29 heavy (non-hydrogen) atoms. The van der Waals surface area contributed by atoms with Gasteiger partial charge in [0.25, 0.3) is 0 Å². The maximum Gasteiger partial charge on any atom is 0.416 e. The van der Waals surface area contributed by atoms with E-state index in [1.165, 1.54) is 6.07 Å². The lowest BCUT2D eigenvalue weighted by Crippen LogP contribution is -2.25. The van der Waals surface area contributed by atoms with Gasteiger partial charge in [0, 0.05) is 24.2 Å². The molecule has 2 aromatic carbocycles. The maximum absolute atomic E-state index is 13.0. The van der Waals surface area contributed by atoms with Crippen LogP contribution in [0.15, 0.2) is 52.3 Å². The lowest BCUT2D eigenvalue weighted by molar-refractivity contribution is -0.137. The smallest absolute Gasteiger partial charge is 0.381 e. The average Bonchev–Trinajstić information content (AvgIpc) is 2.91. The van der Waals surface area contributed by atoms with Gasteiger partial charge in [-0.05, 0) is 74.0 Å². The van der Waals surface area contributed by atoms with E-state index in [9.17, 15) is 21.6 Å². The molecule has 1 fully saturated rings. The molecule has 1 saturated heterocycles. The van der Waals surface area contributed by atoms with Crippen molar-refractivity contribution in [1.29, 1.82) is 0 Å². The van der Waals surface area contributed by atoms with Crippen molar-refractivity contribution in [3.63, 3.8) is 0 Å². The van der Waals surface area contributed by atoms with Crippen molar-refractivity contribution in [3.05, 3.63) is 53.6 Å². The fourth-order valence-corrected chi connectivity index (χ4v) is 5.62. The molecule has 0 aliphatic carbocycles. The van der Waals surface area contributed by atoms with Gasteiger partial charge in [0.05, 0.1) is 15.4 Å². The van der Waals surface area contributed by atoms with Gasteiger partial charge in [0.1, 0.15) is 0 Å². The molecule has 0 spiro atoms. The molecule has 4 nitrogen and oxygen atoms in total. The van der Waals surface area contributed by atoms with Crippen molar-refractivity contribution in [2.45, 2.75) is 47.7 Å². The lowest BCUT2D eigenvalue weighted by atomic mass is 9.91. The quantitative estimate of drug-likeness (QED) is 0.787. The molecule has 0 unspecified atom stereocenters. The third kappa shape index (κ3) is 3.75. The topological polar surface area (TPSA) is 49.4 Å². The number of benzene rings is 2. The van der Waals surface area contributed by atoms with Crippen molar-refractivity contribution >= 4 is 15.5 Å². The van der Waals surface area contributed by atoms with Gasteiger partial charge >= 0.3 is 6.18 Å². The Morgan fingerprint density at radius 2 is 1.69 bits per heavy atom. The summed E-state index contributed by atoms with van der Waals surface area (Å²) in [5.74, 6) is 0.240. The number of nitrogens with one attached hydrogen (secondary N) is 1. The van der Waals surface area contributed by atoms with Crippen LogP contribution in [-0.2, 0) is 16.0 Å². The zero-order valence-electron chi connectivity index (χ0n) is 16.0. The molecule has 1 N–H and O–H groups in total. The van der Waals surface area contributed by atoms with Crippen molar-refractivity contribution in [1.82, 2.24) is 4.90 Å². The summed E-state index contributed by atoms with van der Waals surface area (Å²) in [6, 6.07) is 8.95. The number of hydrogen-bond donors (Lipinski definition) is 1. The minimum absolute atomic E-state index is 0.120. The summed E-state index contributed by atoms with van der Waals surface area (Å²) in [7, 11) is -3.89. The molecule has 0 aromatic heterocycles. The first kappa shape index (κ1) is 20.2. The Morgan fingerprint density at radius 1 is 1.03 bits per heavy atom. The zero-order chi connectivity index (χ0) is 20.8. The number of sulfone groups is 1. The second-order valence-electron chi connectivity index (χ2n) is 7.64. The van der Waals surface area contributed by atoms with Crippen molar-refractivity contribution in [2.75, 3.05) is 25.0 Å². The predicted molar refractivity (Wildman–Crippen MR) is 105 cm³/mol. The van der Waals surface area contributed by atoms with Crippen LogP contribution < -0.4 is 5.32 Å². The fourth-order valence-electron chi connectivity index (χ4n) is 4.32. The SMILES string of the molecule is CCN1CC[C@@H]2c3cc(S(=O)(=O)c4ccc(C(F)(F)F)cc4)ccc3N[C@@H]2CC1. The van der Waals surface area contributed by atoms with E-state index in [0.29, 0.717) is 0 Å². The van der Waals surface area contributed by atoms with Crippen LogP contribution in [0.1, 0.15) is 36.8 Å². The monoisotopic (exact) mass is 424 g/mol. The van der Waals surface area contributed by atoms with E-state index in [0.717, 1.165) is 68.0 Å². The highest BCUT2D eigenvalue weighted by Gasteiger charge is 2.35. The van der Waals surface area contributed by atoms with Gasteiger partial charge in [0.2, 0.25) is 9.84 Å².